The first-order valence-corrected chi connectivity index (χ1v) is 6.98. The highest BCUT2D eigenvalue weighted by atomic mass is 19.1. The van der Waals surface area contributed by atoms with Gasteiger partial charge in [-0.3, -0.25) is 0 Å². The molecule has 0 bridgehead atoms. The third-order valence-electron chi connectivity index (χ3n) is 3.97. The normalized spacial score (nSPS) is 16.2. The predicted molar refractivity (Wildman–Crippen MR) is 81.2 cm³/mol. The summed E-state index contributed by atoms with van der Waals surface area (Å²) >= 11 is 0. The van der Waals surface area contributed by atoms with E-state index in [1.807, 2.05) is 32.9 Å². The molecule has 0 aliphatic heterocycles. The van der Waals surface area contributed by atoms with Crippen LogP contribution < -0.4 is 5.73 Å². The monoisotopic (exact) mass is 265 g/mol. The van der Waals surface area contributed by atoms with Gasteiger partial charge in [-0.15, -0.1) is 0 Å². The SMILES string of the molecule is CC(C)(C)c1ccc(CC(F)(CN)C(C)(C)C)cc1. The number of hydrogen-bond donors (Lipinski definition) is 1. The summed E-state index contributed by atoms with van der Waals surface area (Å²) < 4.78 is 14.9. The van der Waals surface area contributed by atoms with E-state index in [2.05, 4.69) is 32.9 Å². The van der Waals surface area contributed by atoms with E-state index in [-0.39, 0.29) is 12.0 Å². The Labute approximate surface area is 117 Å². The summed E-state index contributed by atoms with van der Waals surface area (Å²) in [5, 5.41) is 0. The van der Waals surface area contributed by atoms with Crippen molar-refractivity contribution in [2.75, 3.05) is 6.54 Å². The molecule has 19 heavy (non-hydrogen) atoms. The molecule has 0 saturated heterocycles. The van der Waals surface area contributed by atoms with Gasteiger partial charge in [-0.25, -0.2) is 4.39 Å². The van der Waals surface area contributed by atoms with Crippen LogP contribution in [0.4, 0.5) is 4.39 Å². The highest BCUT2D eigenvalue weighted by Gasteiger charge is 2.41. The molecule has 0 aliphatic rings. The smallest absolute Gasteiger partial charge is 0.132 e. The minimum Gasteiger partial charge on any atom is -0.327 e. The molecule has 0 spiro atoms. The van der Waals surface area contributed by atoms with E-state index in [4.69, 9.17) is 5.73 Å². The number of nitrogens with two attached hydrogens (primary N) is 1. The van der Waals surface area contributed by atoms with Crippen LogP contribution in [-0.4, -0.2) is 12.2 Å². The van der Waals surface area contributed by atoms with Gasteiger partial charge in [-0.1, -0.05) is 65.8 Å². The molecule has 0 aromatic heterocycles. The third kappa shape index (κ3) is 3.79. The van der Waals surface area contributed by atoms with Crippen molar-refractivity contribution in [3.8, 4) is 0 Å². The molecule has 0 saturated carbocycles. The molecule has 0 aliphatic carbocycles. The van der Waals surface area contributed by atoms with Crippen LogP contribution in [0.2, 0.25) is 0 Å². The van der Waals surface area contributed by atoms with Crippen LogP contribution in [0.5, 0.6) is 0 Å². The summed E-state index contributed by atoms with van der Waals surface area (Å²) in [6.45, 7) is 12.3. The maximum absolute atomic E-state index is 14.9. The average molecular weight is 265 g/mol. The number of halogens is 1. The van der Waals surface area contributed by atoms with Gasteiger partial charge < -0.3 is 5.73 Å². The first kappa shape index (κ1) is 16.2. The molecule has 2 N–H and O–H groups in total. The molecule has 1 rings (SSSR count). The van der Waals surface area contributed by atoms with Crippen molar-refractivity contribution in [2.45, 2.75) is 59.0 Å². The zero-order valence-electron chi connectivity index (χ0n) is 13.2. The van der Waals surface area contributed by atoms with Gasteiger partial charge in [0, 0.05) is 13.0 Å². The number of hydrogen-bond acceptors (Lipinski definition) is 1. The Kier molecular flexibility index (Phi) is 4.46. The predicted octanol–water partition coefficient (Wildman–Crippen LogP) is 4.24. The summed E-state index contributed by atoms with van der Waals surface area (Å²) in [6.07, 6.45) is 0.372. The lowest BCUT2D eigenvalue weighted by molar-refractivity contribution is 0.0382. The van der Waals surface area contributed by atoms with Crippen LogP contribution in [0.15, 0.2) is 24.3 Å². The van der Waals surface area contributed by atoms with Crippen LogP contribution in [0, 0.1) is 5.41 Å². The summed E-state index contributed by atoms with van der Waals surface area (Å²) in [5.74, 6) is 0. The van der Waals surface area contributed by atoms with Crippen LogP contribution in [-0.2, 0) is 11.8 Å². The van der Waals surface area contributed by atoms with Gasteiger partial charge in [0.05, 0.1) is 0 Å². The quantitative estimate of drug-likeness (QED) is 0.869. The van der Waals surface area contributed by atoms with Crippen molar-refractivity contribution < 1.29 is 4.39 Å². The molecule has 0 fully saturated rings. The van der Waals surface area contributed by atoms with E-state index < -0.39 is 11.1 Å². The van der Waals surface area contributed by atoms with Gasteiger partial charge in [0.15, 0.2) is 0 Å². The fraction of sp³-hybridized carbons (Fsp3) is 0.647. The summed E-state index contributed by atoms with van der Waals surface area (Å²) in [6, 6.07) is 8.23. The number of rotatable bonds is 3. The standard InChI is InChI=1S/C17H28FN/c1-15(2,3)14-9-7-13(8-10-14)11-17(18,12-19)16(4,5)6/h7-10H,11-12,19H2,1-6H3. The molecule has 1 unspecified atom stereocenters. The maximum atomic E-state index is 14.9. The fourth-order valence-corrected chi connectivity index (χ4v) is 2.09. The third-order valence-corrected chi connectivity index (χ3v) is 3.97. The summed E-state index contributed by atoms with van der Waals surface area (Å²) in [5.41, 5.74) is 6.25. The zero-order chi connectivity index (χ0) is 14.9. The molecule has 1 aromatic rings. The summed E-state index contributed by atoms with van der Waals surface area (Å²) in [4.78, 5) is 0. The van der Waals surface area contributed by atoms with Gasteiger partial charge in [-0.2, -0.15) is 0 Å². The van der Waals surface area contributed by atoms with E-state index in [1.165, 1.54) is 5.56 Å². The molecule has 2 heteroatoms. The Hall–Kier alpha value is -0.890. The van der Waals surface area contributed by atoms with E-state index in [0.29, 0.717) is 6.42 Å². The number of benzene rings is 1. The highest BCUT2D eigenvalue weighted by Crippen LogP contribution is 2.36. The first-order valence-electron chi connectivity index (χ1n) is 6.98. The first-order chi connectivity index (χ1) is 8.49. The average Bonchev–Trinajstić information content (AvgIpc) is 2.27. The van der Waals surface area contributed by atoms with Crippen molar-refractivity contribution in [3.63, 3.8) is 0 Å². The minimum atomic E-state index is -1.36. The lowest BCUT2D eigenvalue weighted by atomic mass is 9.74. The van der Waals surface area contributed by atoms with Crippen molar-refractivity contribution in [1.29, 1.82) is 0 Å². The number of alkyl halides is 1. The Bertz CT molecular complexity index is 408. The van der Waals surface area contributed by atoms with Crippen molar-refractivity contribution in [3.05, 3.63) is 35.4 Å². The molecule has 0 radical (unpaired) electrons. The van der Waals surface area contributed by atoms with Gasteiger partial charge in [-0.05, 0) is 22.0 Å². The van der Waals surface area contributed by atoms with Crippen LogP contribution in [0.3, 0.4) is 0 Å². The van der Waals surface area contributed by atoms with Crippen molar-refractivity contribution in [1.82, 2.24) is 0 Å². The van der Waals surface area contributed by atoms with E-state index in [0.717, 1.165) is 5.56 Å². The molecule has 1 atom stereocenters. The largest absolute Gasteiger partial charge is 0.327 e. The van der Waals surface area contributed by atoms with Crippen LogP contribution >= 0.6 is 0 Å². The van der Waals surface area contributed by atoms with E-state index in [1.54, 1.807) is 0 Å². The van der Waals surface area contributed by atoms with Crippen molar-refractivity contribution in [2.24, 2.45) is 11.1 Å². The van der Waals surface area contributed by atoms with Crippen LogP contribution in [0.1, 0.15) is 52.7 Å². The van der Waals surface area contributed by atoms with Gasteiger partial charge in [0.25, 0.3) is 0 Å². The van der Waals surface area contributed by atoms with Crippen molar-refractivity contribution >= 4 is 0 Å². The second-order valence-corrected chi connectivity index (χ2v) is 7.54. The minimum absolute atomic E-state index is 0.0531. The Morgan fingerprint density at radius 2 is 1.42 bits per heavy atom. The summed E-state index contributed by atoms with van der Waals surface area (Å²) in [7, 11) is 0. The fourth-order valence-electron chi connectivity index (χ4n) is 2.09. The topological polar surface area (TPSA) is 26.0 Å². The Morgan fingerprint density at radius 3 is 1.74 bits per heavy atom. The second-order valence-electron chi connectivity index (χ2n) is 7.54. The van der Waals surface area contributed by atoms with E-state index >= 15 is 0 Å². The lowest BCUT2D eigenvalue weighted by Crippen LogP contribution is -2.47. The molecule has 1 aromatic carbocycles. The molecule has 0 amide bonds. The highest BCUT2D eigenvalue weighted by molar-refractivity contribution is 5.28. The zero-order valence-corrected chi connectivity index (χ0v) is 13.2. The molecular formula is C17H28FN. The molecule has 0 heterocycles. The second kappa shape index (κ2) is 5.24. The maximum Gasteiger partial charge on any atom is 0.132 e. The molecule has 1 nitrogen and oxygen atoms in total. The van der Waals surface area contributed by atoms with Crippen LogP contribution in [0.25, 0.3) is 0 Å². The molecular weight excluding hydrogens is 237 g/mol. The van der Waals surface area contributed by atoms with Gasteiger partial charge in [0.2, 0.25) is 0 Å². The molecule has 108 valence electrons. The Balaban J connectivity index is 2.95. The van der Waals surface area contributed by atoms with Gasteiger partial charge >= 0.3 is 0 Å². The van der Waals surface area contributed by atoms with Gasteiger partial charge in [0.1, 0.15) is 5.67 Å². The lowest BCUT2D eigenvalue weighted by Gasteiger charge is -2.37. The van der Waals surface area contributed by atoms with E-state index in [9.17, 15) is 4.39 Å². The Morgan fingerprint density at radius 1 is 0.947 bits per heavy atom.